The van der Waals surface area contributed by atoms with Crippen LogP contribution in [0.4, 0.5) is 0 Å². The maximum absolute atomic E-state index is 13.5. The number of hydrogen-bond donors (Lipinski definition) is 0. The molecule has 186 valence electrons. The zero-order valence-corrected chi connectivity index (χ0v) is 21.2. The minimum absolute atomic E-state index is 0.0363. The van der Waals surface area contributed by atoms with Gasteiger partial charge in [-0.15, -0.1) is 0 Å². The SMILES string of the molecule is CCOc1cc(/C=C2/C(=O)N(Cc3ccc(C)cc3)C(=O)C(C#N)=C2C)ccc1OCc1ccccc1. The normalized spacial score (nSPS) is 14.6. The summed E-state index contributed by atoms with van der Waals surface area (Å²) in [7, 11) is 0. The molecule has 4 rings (SSSR count). The van der Waals surface area contributed by atoms with Crippen LogP contribution in [0.5, 0.6) is 11.5 Å². The summed E-state index contributed by atoms with van der Waals surface area (Å²) >= 11 is 0. The third kappa shape index (κ3) is 5.79. The number of nitriles is 1. The van der Waals surface area contributed by atoms with Gasteiger partial charge in [-0.2, -0.15) is 5.26 Å². The zero-order valence-electron chi connectivity index (χ0n) is 21.2. The number of imide groups is 1. The van der Waals surface area contributed by atoms with Crippen molar-refractivity contribution in [2.24, 2.45) is 0 Å². The molecule has 0 N–H and O–H groups in total. The predicted octanol–water partition coefficient (Wildman–Crippen LogP) is 5.77. The van der Waals surface area contributed by atoms with Gasteiger partial charge in [0.25, 0.3) is 11.8 Å². The second-order valence-corrected chi connectivity index (χ2v) is 8.77. The van der Waals surface area contributed by atoms with Crippen LogP contribution in [0.3, 0.4) is 0 Å². The van der Waals surface area contributed by atoms with E-state index < -0.39 is 11.8 Å². The van der Waals surface area contributed by atoms with Crippen molar-refractivity contribution in [3.63, 3.8) is 0 Å². The number of ether oxygens (including phenoxy) is 2. The minimum atomic E-state index is -0.581. The van der Waals surface area contributed by atoms with Crippen molar-refractivity contribution in [1.29, 1.82) is 5.26 Å². The Kier molecular flexibility index (Phi) is 7.85. The highest BCUT2D eigenvalue weighted by atomic mass is 16.5. The third-order valence-corrected chi connectivity index (χ3v) is 6.10. The van der Waals surface area contributed by atoms with Crippen molar-refractivity contribution < 1.29 is 19.1 Å². The average molecular weight is 493 g/mol. The van der Waals surface area contributed by atoms with E-state index in [-0.39, 0.29) is 12.1 Å². The molecule has 3 aromatic rings. The van der Waals surface area contributed by atoms with Gasteiger partial charge in [-0.3, -0.25) is 14.5 Å². The quantitative estimate of drug-likeness (QED) is 0.295. The van der Waals surface area contributed by atoms with E-state index in [0.717, 1.165) is 21.6 Å². The van der Waals surface area contributed by atoms with Gasteiger partial charge in [-0.25, -0.2) is 0 Å². The van der Waals surface area contributed by atoms with Crippen LogP contribution in [-0.4, -0.2) is 23.3 Å². The third-order valence-electron chi connectivity index (χ3n) is 6.10. The van der Waals surface area contributed by atoms with E-state index in [1.807, 2.05) is 80.6 Å². The van der Waals surface area contributed by atoms with E-state index in [1.165, 1.54) is 0 Å². The minimum Gasteiger partial charge on any atom is -0.490 e. The number of aryl methyl sites for hydroxylation is 1. The molecule has 6 nitrogen and oxygen atoms in total. The Balaban J connectivity index is 1.65. The molecule has 0 spiro atoms. The Bertz CT molecular complexity index is 1410. The molecule has 0 atom stereocenters. The van der Waals surface area contributed by atoms with Gasteiger partial charge in [-0.05, 0) is 61.2 Å². The van der Waals surface area contributed by atoms with Gasteiger partial charge >= 0.3 is 0 Å². The van der Waals surface area contributed by atoms with E-state index in [1.54, 1.807) is 25.1 Å². The average Bonchev–Trinajstić information content (AvgIpc) is 2.91. The molecular weight excluding hydrogens is 464 g/mol. The summed E-state index contributed by atoms with van der Waals surface area (Å²) in [4.78, 5) is 27.6. The van der Waals surface area contributed by atoms with Gasteiger partial charge in [0.15, 0.2) is 11.5 Å². The number of benzene rings is 3. The molecule has 6 heteroatoms. The summed E-state index contributed by atoms with van der Waals surface area (Å²) in [6.07, 6.45) is 1.69. The molecule has 2 amide bonds. The number of amides is 2. The Morgan fingerprint density at radius 2 is 1.59 bits per heavy atom. The van der Waals surface area contributed by atoms with Crippen molar-refractivity contribution in [1.82, 2.24) is 4.90 Å². The Morgan fingerprint density at radius 3 is 2.27 bits per heavy atom. The second-order valence-electron chi connectivity index (χ2n) is 8.77. The molecular formula is C31H28N2O4. The number of carbonyl (C=O) groups is 2. The molecule has 0 unspecified atom stereocenters. The van der Waals surface area contributed by atoms with Gasteiger partial charge in [0.1, 0.15) is 18.2 Å². The lowest BCUT2D eigenvalue weighted by Gasteiger charge is -2.27. The monoisotopic (exact) mass is 492 g/mol. The van der Waals surface area contributed by atoms with Gasteiger partial charge in [0.2, 0.25) is 0 Å². The van der Waals surface area contributed by atoms with Crippen LogP contribution in [0, 0.1) is 18.3 Å². The van der Waals surface area contributed by atoms with Crippen molar-refractivity contribution in [2.75, 3.05) is 6.61 Å². The molecule has 1 aliphatic heterocycles. The molecule has 0 aliphatic carbocycles. The second kappa shape index (κ2) is 11.4. The van der Waals surface area contributed by atoms with E-state index >= 15 is 0 Å². The smallest absolute Gasteiger partial charge is 0.271 e. The van der Waals surface area contributed by atoms with Crippen LogP contribution >= 0.6 is 0 Å². The first-order valence-electron chi connectivity index (χ1n) is 12.1. The maximum Gasteiger partial charge on any atom is 0.271 e. The lowest BCUT2D eigenvalue weighted by atomic mass is 9.93. The molecule has 0 radical (unpaired) electrons. The summed E-state index contributed by atoms with van der Waals surface area (Å²) in [6.45, 7) is 6.41. The summed E-state index contributed by atoms with van der Waals surface area (Å²) in [5.74, 6) is 0.113. The van der Waals surface area contributed by atoms with Gasteiger partial charge < -0.3 is 9.47 Å². The first-order chi connectivity index (χ1) is 17.9. The fraction of sp³-hybridized carbons (Fsp3) is 0.194. The summed E-state index contributed by atoms with van der Waals surface area (Å²) in [5.41, 5.74) is 4.24. The lowest BCUT2D eigenvalue weighted by Crippen LogP contribution is -2.42. The highest BCUT2D eigenvalue weighted by Crippen LogP contribution is 2.33. The van der Waals surface area contributed by atoms with Gasteiger partial charge in [0.05, 0.1) is 13.2 Å². The van der Waals surface area contributed by atoms with E-state index in [0.29, 0.717) is 41.4 Å². The molecule has 1 aliphatic rings. The van der Waals surface area contributed by atoms with Crippen LogP contribution in [0.1, 0.15) is 36.1 Å². The number of nitrogens with zero attached hydrogens (tertiary/aromatic N) is 2. The molecule has 0 aromatic heterocycles. The topological polar surface area (TPSA) is 79.6 Å². The lowest BCUT2D eigenvalue weighted by molar-refractivity contribution is -0.141. The first kappa shape index (κ1) is 25.5. The fourth-order valence-corrected chi connectivity index (χ4v) is 4.05. The Hall–Kier alpha value is -4.63. The van der Waals surface area contributed by atoms with Crippen molar-refractivity contribution in [2.45, 2.75) is 33.9 Å². The summed E-state index contributed by atoms with van der Waals surface area (Å²) in [6, 6.07) is 24.8. The van der Waals surface area contributed by atoms with Crippen LogP contribution in [-0.2, 0) is 22.7 Å². The summed E-state index contributed by atoms with van der Waals surface area (Å²) < 4.78 is 11.8. The van der Waals surface area contributed by atoms with Crippen molar-refractivity contribution in [3.05, 3.63) is 112 Å². The molecule has 3 aromatic carbocycles. The number of rotatable bonds is 8. The van der Waals surface area contributed by atoms with E-state index in [9.17, 15) is 14.9 Å². The molecule has 37 heavy (non-hydrogen) atoms. The molecule has 0 bridgehead atoms. The van der Waals surface area contributed by atoms with Crippen LogP contribution in [0.2, 0.25) is 0 Å². The van der Waals surface area contributed by atoms with E-state index in [4.69, 9.17) is 9.47 Å². The molecule has 0 saturated carbocycles. The largest absolute Gasteiger partial charge is 0.490 e. The van der Waals surface area contributed by atoms with Gasteiger partial charge in [0, 0.05) is 5.57 Å². The Labute approximate surface area is 217 Å². The predicted molar refractivity (Wildman–Crippen MR) is 141 cm³/mol. The molecule has 1 heterocycles. The molecule has 0 saturated heterocycles. The highest BCUT2D eigenvalue weighted by Gasteiger charge is 2.35. The summed E-state index contributed by atoms with van der Waals surface area (Å²) in [5, 5.41) is 9.70. The first-order valence-corrected chi connectivity index (χ1v) is 12.1. The van der Waals surface area contributed by atoms with Crippen molar-refractivity contribution in [3.8, 4) is 17.6 Å². The van der Waals surface area contributed by atoms with Crippen molar-refractivity contribution >= 4 is 17.9 Å². The maximum atomic E-state index is 13.5. The highest BCUT2D eigenvalue weighted by molar-refractivity contribution is 6.19. The standard InChI is InChI=1S/C31H28N2O4/c1-4-36-29-17-25(14-15-28(29)37-20-24-8-6-5-7-9-24)16-26-22(3)27(18-32)31(35)33(30(26)34)19-23-12-10-21(2)11-13-23/h5-17H,4,19-20H2,1-3H3/b26-16+. The number of carbonyl (C=O) groups excluding carboxylic acids is 2. The fourth-order valence-electron chi connectivity index (χ4n) is 4.05. The zero-order chi connectivity index (χ0) is 26.4. The van der Waals surface area contributed by atoms with Crippen LogP contribution in [0.25, 0.3) is 6.08 Å². The van der Waals surface area contributed by atoms with Crippen LogP contribution in [0.15, 0.2) is 89.5 Å². The van der Waals surface area contributed by atoms with E-state index in [2.05, 4.69) is 0 Å². The molecule has 0 fully saturated rings. The number of hydrogen-bond acceptors (Lipinski definition) is 5. The van der Waals surface area contributed by atoms with Crippen LogP contribution < -0.4 is 9.47 Å². The Morgan fingerprint density at radius 1 is 0.865 bits per heavy atom. The van der Waals surface area contributed by atoms with Gasteiger partial charge in [-0.1, -0.05) is 66.2 Å².